The molecule has 1 aliphatic rings. The van der Waals surface area contributed by atoms with Gasteiger partial charge in [-0.25, -0.2) is 0 Å². The first-order chi connectivity index (χ1) is 14.2. The average molecular weight is 416 g/mol. The summed E-state index contributed by atoms with van der Waals surface area (Å²) in [5, 5.41) is 45.8. The number of non-ortho nitro benzene ring substituents is 2. The first kappa shape index (κ1) is 20.3. The van der Waals surface area contributed by atoms with Crippen LogP contribution in [0.25, 0.3) is 16.7 Å². The van der Waals surface area contributed by atoms with Crippen molar-refractivity contribution in [3.8, 4) is 11.1 Å². The van der Waals surface area contributed by atoms with Gasteiger partial charge < -0.3 is 4.74 Å². The molecule has 2 aromatic rings. The van der Waals surface area contributed by atoms with Crippen LogP contribution in [0.5, 0.6) is 0 Å². The minimum atomic E-state index is -0.892. The lowest BCUT2D eigenvalue weighted by Gasteiger charge is -2.04. The molecule has 0 aliphatic heterocycles. The van der Waals surface area contributed by atoms with Crippen LogP contribution < -0.4 is 0 Å². The van der Waals surface area contributed by atoms with Crippen molar-refractivity contribution in [2.75, 3.05) is 6.61 Å². The SMILES string of the molecule is CCCOC=C1c2cc([N+](=O)[O-])cc([N+](=O)[O-])c2-c2c1cc([N+](=O)[O-])cc2[N+](=O)[O-]. The molecule has 0 N–H and O–H groups in total. The average Bonchev–Trinajstić information content (AvgIpc) is 3.00. The van der Waals surface area contributed by atoms with Gasteiger partial charge in [0, 0.05) is 28.8 Å². The Morgan fingerprint density at radius 2 is 1.20 bits per heavy atom. The van der Waals surface area contributed by atoms with Crippen LogP contribution in [0.3, 0.4) is 0 Å². The molecular formula is C17H12N4O9. The van der Waals surface area contributed by atoms with E-state index in [1.165, 1.54) is 0 Å². The quantitative estimate of drug-likeness (QED) is 0.237. The van der Waals surface area contributed by atoms with Gasteiger partial charge in [0.15, 0.2) is 0 Å². The number of benzene rings is 2. The van der Waals surface area contributed by atoms with E-state index < -0.39 is 42.4 Å². The Labute approximate surface area is 166 Å². The Morgan fingerprint density at radius 3 is 1.53 bits per heavy atom. The first-order valence-electron chi connectivity index (χ1n) is 8.43. The molecule has 0 spiro atoms. The Kier molecular flexibility index (Phi) is 5.11. The summed E-state index contributed by atoms with van der Waals surface area (Å²) in [6.07, 6.45) is 1.74. The van der Waals surface area contributed by atoms with Crippen molar-refractivity contribution in [2.24, 2.45) is 0 Å². The van der Waals surface area contributed by atoms with Gasteiger partial charge in [-0.05, 0) is 6.42 Å². The van der Waals surface area contributed by atoms with Gasteiger partial charge in [0.25, 0.3) is 22.7 Å². The normalized spacial score (nSPS) is 11.4. The van der Waals surface area contributed by atoms with Gasteiger partial charge >= 0.3 is 0 Å². The molecule has 0 saturated carbocycles. The molecule has 0 fully saturated rings. The van der Waals surface area contributed by atoms with E-state index in [-0.39, 0.29) is 34.4 Å². The van der Waals surface area contributed by atoms with Crippen LogP contribution in [0.1, 0.15) is 24.5 Å². The number of hydrogen-bond donors (Lipinski definition) is 0. The second kappa shape index (κ2) is 7.54. The van der Waals surface area contributed by atoms with Crippen molar-refractivity contribution in [3.63, 3.8) is 0 Å². The highest BCUT2D eigenvalue weighted by atomic mass is 16.6. The molecule has 0 radical (unpaired) electrons. The maximum atomic E-state index is 11.6. The van der Waals surface area contributed by atoms with Crippen molar-refractivity contribution in [2.45, 2.75) is 13.3 Å². The highest BCUT2D eigenvalue weighted by Gasteiger charge is 2.40. The fourth-order valence-electron chi connectivity index (χ4n) is 3.21. The molecule has 3 rings (SSSR count). The fourth-order valence-corrected chi connectivity index (χ4v) is 3.21. The summed E-state index contributed by atoms with van der Waals surface area (Å²) in [5.41, 5.74) is -3.17. The number of hydrogen-bond acceptors (Lipinski definition) is 9. The lowest BCUT2D eigenvalue weighted by Crippen LogP contribution is -1.99. The van der Waals surface area contributed by atoms with E-state index in [0.717, 1.165) is 18.4 Å². The van der Waals surface area contributed by atoms with Crippen LogP contribution in [-0.4, -0.2) is 26.3 Å². The third kappa shape index (κ3) is 3.28. The van der Waals surface area contributed by atoms with E-state index in [1.54, 1.807) is 6.92 Å². The highest BCUT2D eigenvalue weighted by Crippen LogP contribution is 2.54. The van der Waals surface area contributed by atoms with Gasteiger partial charge in [-0.2, -0.15) is 0 Å². The van der Waals surface area contributed by atoms with E-state index in [4.69, 9.17) is 4.74 Å². The summed E-state index contributed by atoms with van der Waals surface area (Å²) in [6.45, 7) is 2.03. The van der Waals surface area contributed by atoms with Crippen molar-refractivity contribution >= 4 is 28.3 Å². The van der Waals surface area contributed by atoms with Crippen LogP contribution in [-0.2, 0) is 4.74 Å². The molecule has 13 nitrogen and oxygen atoms in total. The van der Waals surface area contributed by atoms with Crippen LogP contribution >= 0.6 is 0 Å². The predicted molar refractivity (Wildman–Crippen MR) is 102 cm³/mol. The molecule has 0 heterocycles. The van der Waals surface area contributed by atoms with Gasteiger partial charge in [-0.15, -0.1) is 0 Å². The maximum Gasteiger partial charge on any atom is 0.284 e. The van der Waals surface area contributed by atoms with Crippen molar-refractivity contribution in [1.82, 2.24) is 0 Å². The van der Waals surface area contributed by atoms with Crippen LogP contribution in [0.15, 0.2) is 30.5 Å². The Hall–Kier alpha value is -4.42. The molecule has 0 amide bonds. The monoisotopic (exact) mass is 416 g/mol. The molecule has 1 aliphatic carbocycles. The van der Waals surface area contributed by atoms with Crippen LogP contribution in [0.2, 0.25) is 0 Å². The summed E-state index contributed by atoms with van der Waals surface area (Å²) in [4.78, 5) is 42.3. The molecule has 30 heavy (non-hydrogen) atoms. The summed E-state index contributed by atoms with van der Waals surface area (Å²) in [6, 6.07) is 3.45. The Balaban J connectivity index is 2.48. The zero-order valence-corrected chi connectivity index (χ0v) is 15.3. The van der Waals surface area contributed by atoms with Gasteiger partial charge in [-0.3, -0.25) is 40.5 Å². The standard InChI is InChI=1S/C17H12N4O9/c1-2-3-30-8-13-11-4-9(18(22)23)6-14(20(26)27)16(11)17-12(13)5-10(19(24)25)7-15(17)21(28)29/h4-8H,2-3H2,1H3. The minimum Gasteiger partial charge on any atom is -0.501 e. The third-order valence-electron chi connectivity index (χ3n) is 4.37. The van der Waals surface area contributed by atoms with Crippen LogP contribution in [0, 0.1) is 40.5 Å². The molecule has 0 bridgehead atoms. The number of nitrogens with zero attached hydrogens (tertiary/aromatic N) is 4. The largest absolute Gasteiger partial charge is 0.501 e. The van der Waals surface area contributed by atoms with Crippen LogP contribution in [0.4, 0.5) is 22.7 Å². The van der Waals surface area contributed by atoms with Crippen molar-refractivity contribution in [1.29, 1.82) is 0 Å². The third-order valence-corrected chi connectivity index (χ3v) is 4.37. The molecular weight excluding hydrogens is 404 g/mol. The first-order valence-corrected chi connectivity index (χ1v) is 8.43. The van der Waals surface area contributed by atoms with Gasteiger partial charge in [-0.1, -0.05) is 6.92 Å². The lowest BCUT2D eigenvalue weighted by atomic mass is 10.0. The number of rotatable bonds is 7. The molecule has 0 aromatic heterocycles. The van der Waals surface area contributed by atoms with Crippen molar-refractivity contribution < 1.29 is 24.4 Å². The van der Waals surface area contributed by atoms with E-state index in [1.807, 2.05) is 0 Å². The predicted octanol–water partition coefficient (Wildman–Crippen LogP) is 4.12. The summed E-state index contributed by atoms with van der Waals surface area (Å²) in [7, 11) is 0. The fraction of sp³-hybridized carbons (Fsp3) is 0.176. The second-order valence-electron chi connectivity index (χ2n) is 6.21. The molecule has 0 unspecified atom stereocenters. The second-order valence-corrected chi connectivity index (χ2v) is 6.21. The van der Waals surface area contributed by atoms with E-state index in [0.29, 0.717) is 18.6 Å². The van der Waals surface area contributed by atoms with E-state index in [9.17, 15) is 40.5 Å². The molecule has 0 saturated heterocycles. The van der Waals surface area contributed by atoms with E-state index >= 15 is 0 Å². The maximum absolute atomic E-state index is 11.6. The van der Waals surface area contributed by atoms with Gasteiger partial charge in [0.1, 0.15) is 0 Å². The Bertz CT molecular complexity index is 1070. The lowest BCUT2D eigenvalue weighted by molar-refractivity contribution is -0.395. The number of fused-ring (bicyclic) bond motifs is 3. The van der Waals surface area contributed by atoms with Gasteiger partial charge in [0.2, 0.25) is 0 Å². The minimum absolute atomic E-state index is 0.0482. The summed E-state index contributed by atoms with van der Waals surface area (Å²) < 4.78 is 5.34. The van der Waals surface area contributed by atoms with E-state index in [2.05, 4.69) is 0 Å². The Morgan fingerprint density at radius 1 is 0.767 bits per heavy atom. The molecule has 2 aromatic carbocycles. The van der Waals surface area contributed by atoms with Gasteiger partial charge in [0.05, 0.1) is 55.8 Å². The molecule has 154 valence electrons. The summed E-state index contributed by atoms with van der Waals surface area (Å²) in [5.74, 6) is 0. The zero-order chi connectivity index (χ0) is 22.2. The number of ether oxygens (including phenoxy) is 1. The molecule has 13 heteroatoms. The van der Waals surface area contributed by atoms with Crippen molar-refractivity contribution in [3.05, 3.63) is 82.1 Å². The highest BCUT2D eigenvalue weighted by molar-refractivity contribution is 6.08. The number of nitro groups is 4. The number of nitro benzene ring substituents is 4. The smallest absolute Gasteiger partial charge is 0.284 e. The molecule has 0 atom stereocenters. The summed E-state index contributed by atoms with van der Waals surface area (Å²) >= 11 is 0. The zero-order valence-electron chi connectivity index (χ0n) is 15.3. The topological polar surface area (TPSA) is 182 Å².